The van der Waals surface area contributed by atoms with Crippen molar-refractivity contribution < 1.29 is 14.1 Å². The highest BCUT2D eigenvalue weighted by Gasteiger charge is 2.19. The number of rotatable bonds is 3. The van der Waals surface area contributed by atoms with Crippen LogP contribution < -0.4 is 4.74 Å². The van der Waals surface area contributed by atoms with Gasteiger partial charge in [0.1, 0.15) is 17.0 Å². The zero-order valence-electron chi connectivity index (χ0n) is 11.2. The fourth-order valence-electron chi connectivity index (χ4n) is 1.92. The number of aromatic nitrogens is 3. The normalized spacial score (nSPS) is 10.9. The van der Waals surface area contributed by atoms with Crippen molar-refractivity contribution in [3.63, 3.8) is 0 Å². The summed E-state index contributed by atoms with van der Waals surface area (Å²) in [5.74, 6) is -0.778. The van der Waals surface area contributed by atoms with Crippen LogP contribution in [0.3, 0.4) is 0 Å². The molecule has 0 spiro atoms. The lowest BCUT2D eigenvalue weighted by Crippen LogP contribution is -1.95. The van der Waals surface area contributed by atoms with Gasteiger partial charge in [0.15, 0.2) is 5.65 Å². The molecule has 0 radical (unpaired) electrons. The number of nitrogens with zero attached hydrogens (tertiary/aromatic N) is 4. The molecule has 7 nitrogen and oxygen atoms in total. The molecule has 0 aliphatic heterocycles. The van der Waals surface area contributed by atoms with Crippen LogP contribution >= 0.6 is 11.6 Å². The maximum absolute atomic E-state index is 13.6. The highest BCUT2D eigenvalue weighted by atomic mass is 35.5. The van der Waals surface area contributed by atoms with Gasteiger partial charge < -0.3 is 9.30 Å². The van der Waals surface area contributed by atoms with Crippen LogP contribution in [0.4, 0.5) is 10.1 Å². The molecule has 1 aromatic carbocycles. The van der Waals surface area contributed by atoms with Gasteiger partial charge >= 0.3 is 5.69 Å². The van der Waals surface area contributed by atoms with E-state index in [4.69, 9.17) is 16.3 Å². The van der Waals surface area contributed by atoms with Crippen molar-refractivity contribution in [2.75, 3.05) is 0 Å². The van der Waals surface area contributed by atoms with E-state index in [1.165, 1.54) is 6.20 Å². The summed E-state index contributed by atoms with van der Waals surface area (Å²) < 4.78 is 20.8. The van der Waals surface area contributed by atoms with Crippen LogP contribution in [-0.4, -0.2) is 19.5 Å². The lowest BCUT2D eigenvalue weighted by atomic mass is 10.3. The molecule has 0 atom stereocenters. The first-order valence-corrected chi connectivity index (χ1v) is 6.42. The number of hydrogen-bond donors (Lipinski definition) is 0. The first-order valence-electron chi connectivity index (χ1n) is 6.04. The molecular formula is C13H8ClFN4O3. The third kappa shape index (κ3) is 2.44. The summed E-state index contributed by atoms with van der Waals surface area (Å²) in [4.78, 5) is 18.1. The molecule has 0 saturated heterocycles. The van der Waals surface area contributed by atoms with Gasteiger partial charge in [-0.25, -0.2) is 9.97 Å². The molecule has 0 bridgehead atoms. The zero-order valence-corrected chi connectivity index (χ0v) is 11.9. The first kappa shape index (κ1) is 14.2. The van der Waals surface area contributed by atoms with Crippen molar-refractivity contribution in [3.8, 4) is 11.5 Å². The largest absolute Gasteiger partial charge is 0.454 e. The average molecular weight is 323 g/mol. The van der Waals surface area contributed by atoms with Gasteiger partial charge in [-0.3, -0.25) is 10.1 Å². The highest BCUT2D eigenvalue weighted by Crippen LogP contribution is 2.34. The minimum atomic E-state index is -1.03. The van der Waals surface area contributed by atoms with Crippen LogP contribution in [0.5, 0.6) is 11.5 Å². The van der Waals surface area contributed by atoms with E-state index in [2.05, 4.69) is 9.97 Å². The smallest absolute Gasteiger partial charge is 0.306 e. The van der Waals surface area contributed by atoms with Crippen LogP contribution in [0.1, 0.15) is 0 Å². The second kappa shape index (κ2) is 5.23. The lowest BCUT2D eigenvalue weighted by Gasteiger charge is -2.07. The molecule has 0 amide bonds. The fourth-order valence-corrected chi connectivity index (χ4v) is 2.11. The maximum atomic E-state index is 13.6. The van der Waals surface area contributed by atoms with Crippen molar-refractivity contribution in [3.05, 3.63) is 51.7 Å². The topological polar surface area (TPSA) is 83.1 Å². The molecule has 9 heteroatoms. The number of hydrogen-bond acceptors (Lipinski definition) is 5. The quantitative estimate of drug-likeness (QED) is 0.544. The van der Waals surface area contributed by atoms with Gasteiger partial charge in [0, 0.05) is 25.2 Å². The molecule has 0 aliphatic rings. The summed E-state index contributed by atoms with van der Waals surface area (Å²) in [6.45, 7) is 0. The fraction of sp³-hybridized carbons (Fsp3) is 0.0769. The van der Waals surface area contributed by atoms with Crippen LogP contribution in [0.2, 0.25) is 5.02 Å². The van der Waals surface area contributed by atoms with Crippen LogP contribution in [0.15, 0.2) is 30.7 Å². The number of halogens is 2. The Kier molecular flexibility index (Phi) is 3.38. The molecule has 2 heterocycles. The van der Waals surface area contributed by atoms with Gasteiger partial charge in [-0.15, -0.1) is 0 Å². The molecule has 0 saturated carbocycles. The van der Waals surface area contributed by atoms with Crippen molar-refractivity contribution in [1.82, 2.24) is 14.5 Å². The number of imidazole rings is 1. The molecule has 0 unspecified atom stereocenters. The number of benzene rings is 1. The number of ether oxygens (including phenoxy) is 1. The summed E-state index contributed by atoms with van der Waals surface area (Å²) in [7, 11) is 1.80. The Morgan fingerprint density at radius 1 is 1.36 bits per heavy atom. The molecule has 0 fully saturated rings. The molecule has 0 aliphatic carbocycles. The molecule has 0 N–H and O–H groups in total. The number of aryl methyl sites for hydroxylation is 1. The second-order valence-electron chi connectivity index (χ2n) is 4.46. The molecule has 112 valence electrons. The summed E-state index contributed by atoms with van der Waals surface area (Å²) in [6, 6.07) is 3.38. The SMILES string of the molecule is Cn1cnc2cc(Oc3cc(F)c([N+](=O)[O-])cc3Cl)cnc21. The van der Waals surface area contributed by atoms with Crippen molar-refractivity contribution >= 4 is 28.5 Å². The Morgan fingerprint density at radius 3 is 2.86 bits per heavy atom. The van der Waals surface area contributed by atoms with E-state index in [0.29, 0.717) is 16.9 Å². The van der Waals surface area contributed by atoms with Crippen molar-refractivity contribution in [2.45, 2.75) is 0 Å². The predicted molar refractivity (Wildman–Crippen MR) is 76.6 cm³/mol. The third-order valence-corrected chi connectivity index (χ3v) is 3.25. The standard InChI is InChI=1S/C13H8ClFN4O3/c1-18-6-17-10-2-7(5-16-13(10)18)22-12-4-9(15)11(19(20)21)3-8(12)14/h2-6H,1H3. The number of pyridine rings is 1. The van der Waals surface area contributed by atoms with Gasteiger partial charge in [0.2, 0.25) is 5.82 Å². The van der Waals surface area contributed by atoms with Crippen LogP contribution in [0, 0.1) is 15.9 Å². The van der Waals surface area contributed by atoms with E-state index in [1.54, 1.807) is 24.0 Å². The molecule has 2 aromatic heterocycles. The number of nitro groups is 1. The van der Waals surface area contributed by atoms with Gasteiger partial charge in [0.05, 0.1) is 22.5 Å². The van der Waals surface area contributed by atoms with Gasteiger partial charge in [-0.2, -0.15) is 4.39 Å². The Hall–Kier alpha value is -2.74. The summed E-state index contributed by atoms with van der Waals surface area (Å²) in [5, 5.41) is 10.6. The first-order chi connectivity index (χ1) is 10.5. The Balaban J connectivity index is 1.97. The predicted octanol–water partition coefficient (Wildman–Crippen LogP) is 3.46. The van der Waals surface area contributed by atoms with E-state index in [9.17, 15) is 14.5 Å². The lowest BCUT2D eigenvalue weighted by molar-refractivity contribution is -0.387. The zero-order chi connectivity index (χ0) is 15.9. The van der Waals surface area contributed by atoms with Crippen molar-refractivity contribution in [1.29, 1.82) is 0 Å². The highest BCUT2D eigenvalue weighted by molar-refractivity contribution is 6.32. The minimum Gasteiger partial charge on any atom is -0.454 e. The molecular weight excluding hydrogens is 315 g/mol. The van der Waals surface area contributed by atoms with E-state index >= 15 is 0 Å². The van der Waals surface area contributed by atoms with Gasteiger partial charge in [0.25, 0.3) is 0 Å². The maximum Gasteiger partial charge on any atom is 0.306 e. The Morgan fingerprint density at radius 2 is 2.14 bits per heavy atom. The molecule has 22 heavy (non-hydrogen) atoms. The van der Waals surface area contributed by atoms with Crippen LogP contribution in [-0.2, 0) is 7.05 Å². The molecule has 3 rings (SSSR count). The van der Waals surface area contributed by atoms with E-state index in [1.807, 2.05) is 0 Å². The average Bonchev–Trinajstić information content (AvgIpc) is 2.83. The van der Waals surface area contributed by atoms with E-state index in [-0.39, 0.29) is 10.8 Å². The summed E-state index contributed by atoms with van der Waals surface area (Å²) in [6.07, 6.45) is 3.03. The monoisotopic (exact) mass is 322 g/mol. The van der Waals surface area contributed by atoms with Crippen LogP contribution in [0.25, 0.3) is 11.2 Å². The Bertz CT molecular complexity index is 896. The summed E-state index contributed by atoms with van der Waals surface area (Å²) >= 11 is 5.88. The van der Waals surface area contributed by atoms with Crippen molar-refractivity contribution in [2.24, 2.45) is 7.05 Å². The minimum absolute atomic E-state index is 0.0400. The number of nitro benzene ring substituents is 1. The van der Waals surface area contributed by atoms with Gasteiger partial charge in [-0.1, -0.05) is 11.6 Å². The van der Waals surface area contributed by atoms with Gasteiger partial charge in [-0.05, 0) is 0 Å². The second-order valence-corrected chi connectivity index (χ2v) is 4.87. The molecule has 3 aromatic rings. The third-order valence-electron chi connectivity index (χ3n) is 2.95. The van der Waals surface area contributed by atoms with E-state index in [0.717, 1.165) is 12.1 Å². The Labute approximate surface area is 128 Å². The van der Waals surface area contributed by atoms with E-state index < -0.39 is 16.4 Å². The summed E-state index contributed by atoms with van der Waals surface area (Å²) in [5.41, 5.74) is 0.544. The number of fused-ring (bicyclic) bond motifs is 1.